The third-order valence-electron chi connectivity index (χ3n) is 3.89. The van der Waals surface area contributed by atoms with E-state index in [0.717, 1.165) is 38.3 Å². The number of urea groups is 1. The Bertz CT molecular complexity index is 502. The van der Waals surface area contributed by atoms with E-state index in [1.807, 2.05) is 17.9 Å². The number of halogens is 2. The molecule has 0 radical (unpaired) electrons. The standard InChI is InChI=1S/C15H21Cl2N3O/c1-3-19-6-8-20(9-7-19)15(21)18-11(2)12-4-5-13(16)14(17)10-12/h4-5,10-11H,3,6-9H2,1-2H3,(H,18,21). The molecule has 1 heterocycles. The summed E-state index contributed by atoms with van der Waals surface area (Å²) in [5, 5.41) is 4.04. The molecule has 0 aromatic heterocycles. The molecule has 0 aliphatic carbocycles. The molecule has 1 N–H and O–H groups in total. The first kappa shape index (κ1) is 16.4. The predicted molar refractivity (Wildman–Crippen MR) is 87.1 cm³/mol. The van der Waals surface area contributed by atoms with Gasteiger partial charge in [-0.05, 0) is 31.2 Å². The summed E-state index contributed by atoms with van der Waals surface area (Å²) >= 11 is 11.9. The second-order valence-electron chi connectivity index (χ2n) is 5.27. The highest BCUT2D eigenvalue weighted by Gasteiger charge is 2.21. The van der Waals surface area contributed by atoms with Crippen molar-refractivity contribution in [2.45, 2.75) is 19.9 Å². The van der Waals surface area contributed by atoms with Gasteiger partial charge >= 0.3 is 6.03 Å². The van der Waals surface area contributed by atoms with Gasteiger partial charge in [0.05, 0.1) is 16.1 Å². The minimum Gasteiger partial charge on any atom is -0.331 e. The van der Waals surface area contributed by atoms with Gasteiger partial charge in [-0.25, -0.2) is 4.79 Å². The fraction of sp³-hybridized carbons (Fsp3) is 0.533. The molecule has 0 bridgehead atoms. The average Bonchev–Trinajstić information content (AvgIpc) is 2.50. The molecule has 6 heteroatoms. The lowest BCUT2D eigenvalue weighted by Gasteiger charge is -2.34. The molecule has 21 heavy (non-hydrogen) atoms. The maximum atomic E-state index is 12.3. The molecule has 2 amide bonds. The van der Waals surface area contributed by atoms with Crippen LogP contribution in [0.2, 0.25) is 10.0 Å². The highest BCUT2D eigenvalue weighted by atomic mass is 35.5. The number of likely N-dealkylation sites (N-methyl/N-ethyl adjacent to an activating group) is 1. The molecule has 1 atom stereocenters. The van der Waals surface area contributed by atoms with Gasteiger partial charge in [-0.2, -0.15) is 0 Å². The Kier molecular flexibility index (Phi) is 5.73. The van der Waals surface area contributed by atoms with Crippen LogP contribution < -0.4 is 5.32 Å². The van der Waals surface area contributed by atoms with Crippen molar-refractivity contribution >= 4 is 29.2 Å². The van der Waals surface area contributed by atoms with E-state index in [1.165, 1.54) is 0 Å². The Hall–Kier alpha value is -0.970. The van der Waals surface area contributed by atoms with E-state index >= 15 is 0 Å². The summed E-state index contributed by atoms with van der Waals surface area (Å²) in [5.41, 5.74) is 0.949. The van der Waals surface area contributed by atoms with Crippen LogP contribution in [0.25, 0.3) is 0 Å². The van der Waals surface area contributed by atoms with Crippen molar-refractivity contribution in [2.24, 2.45) is 0 Å². The van der Waals surface area contributed by atoms with Gasteiger partial charge in [-0.3, -0.25) is 0 Å². The number of hydrogen-bond donors (Lipinski definition) is 1. The molecular formula is C15H21Cl2N3O. The summed E-state index contributed by atoms with van der Waals surface area (Å²) in [6.07, 6.45) is 0. The van der Waals surface area contributed by atoms with Crippen molar-refractivity contribution in [2.75, 3.05) is 32.7 Å². The van der Waals surface area contributed by atoms with Crippen LogP contribution in [0.1, 0.15) is 25.5 Å². The molecule has 4 nitrogen and oxygen atoms in total. The first-order valence-corrected chi connectivity index (χ1v) is 7.99. The summed E-state index contributed by atoms with van der Waals surface area (Å²) < 4.78 is 0. The van der Waals surface area contributed by atoms with Crippen LogP contribution in [0.4, 0.5) is 4.79 Å². The smallest absolute Gasteiger partial charge is 0.317 e. The van der Waals surface area contributed by atoms with E-state index in [4.69, 9.17) is 23.2 Å². The zero-order chi connectivity index (χ0) is 15.4. The molecule has 1 aliphatic rings. The number of rotatable bonds is 3. The Morgan fingerprint density at radius 3 is 2.48 bits per heavy atom. The summed E-state index contributed by atoms with van der Waals surface area (Å²) in [6.45, 7) is 8.54. The van der Waals surface area contributed by atoms with Crippen LogP contribution in [-0.4, -0.2) is 48.6 Å². The van der Waals surface area contributed by atoms with Gasteiger partial charge in [-0.15, -0.1) is 0 Å². The first-order valence-electron chi connectivity index (χ1n) is 7.24. The number of carbonyl (C=O) groups excluding carboxylic acids is 1. The SMILES string of the molecule is CCN1CCN(C(=O)NC(C)c2ccc(Cl)c(Cl)c2)CC1. The van der Waals surface area contributed by atoms with Gasteiger partial charge in [0.25, 0.3) is 0 Å². The summed E-state index contributed by atoms with van der Waals surface area (Å²) in [7, 11) is 0. The molecule has 1 aromatic rings. The highest BCUT2D eigenvalue weighted by Crippen LogP contribution is 2.25. The zero-order valence-electron chi connectivity index (χ0n) is 12.4. The second-order valence-corrected chi connectivity index (χ2v) is 6.08. The molecule has 116 valence electrons. The van der Waals surface area contributed by atoms with E-state index < -0.39 is 0 Å². The Labute approximate surface area is 136 Å². The maximum absolute atomic E-state index is 12.3. The minimum atomic E-state index is -0.100. The number of nitrogens with zero attached hydrogens (tertiary/aromatic N) is 2. The molecule has 1 fully saturated rings. The third kappa shape index (κ3) is 4.25. The molecule has 1 saturated heterocycles. The summed E-state index contributed by atoms with van der Waals surface area (Å²) in [5.74, 6) is 0. The lowest BCUT2D eigenvalue weighted by molar-refractivity contribution is 0.141. The van der Waals surface area contributed by atoms with Crippen molar-refractivity contribution in [3.05, 3.63) is 33.8 Å². The average molecular weight is 330 g/mol. The number of hydrogen-bond acceptors (Lipinski definition) is 2. The quantitative estimate of drug-likeness (QED) is 0.922. The highest BCUT2D eigenvalue weighted by molar-refractivity contribution is 6.42. The van der Waals surface area contributed by atoms with Crippen molar-refractivity contribution in [1.29, 1.82) is 0 Å². The molecule has 0 spiro atoms. The van der Waals surface area contributed by atoms with Crippen molar-refractivity contribution in [3.63, 3.8) is 0 Å². The lowest BCUT2D eigenvalue weighted by Crippen LogP contribution is -2.51. The molecule has 1 aromatic carbocycles. The van der Waals surface area contributed by atoms with E-state index in [-0.39, 0.29) is 12.1 Å². The lowest BCUT2D eigenvalue weighted by atomic mass is 10.1. The Morgan fingerprint density at radius 2 is 1.90 bits per heavy atom. The van der Waals surface area contributed by atoms with Gasteiger partial charge in [0.1, 0.15) is 0 Å². The summed E-state index contributed by atoms with van der Waals surface area (Å²) in [6, 6.07) is 5.31. The topological polar surface area (TPSA) is 35.6 Å². The van der Waals surface area contributed by atoms with Gasteiger partial charge in [0.15, 0.2) is 0 Å². The number of nitrogens with one attached hydrogen (secondary N) is 1. The number of benzene rings is 1. The first-order chi connectivity index (χ1) is 10.0. The van der Waals surface area contributed by atoms with Crippen molar-refractivity contribution < 1.29 is 4.79 Å². The van der Waals surface area contributed by atoms with Gasteiger partial charge in [-0.1, -0.05) is 36.2 Å². The Morgan fingerprint density at radius 1 is 1.24 bits per heavy atom. The second kappa shape index (κ2) is 7.34. The van der Waals surface area contributed by atoms with E-state index in [2.05, 4.69) is 17.1 Å². The van der Waals surface area contributed by atoms with Crippen LogP contribution in [0.15, 0.2) is 18.2 Å². The monoisotopic (exact) mass is 329 g/mol. The summed E-state index contributed by atoms with van der Waals surface area (Å²) in [4.78, 5) is 16.5. The number of carbonyl (C=O) groups is 1. The number of amides is 2. The molecule has 1 aliphatic heterocycles. The largest absolute Gasteiger partial charge is 0.331 e. The van der Waals surface area contributed by atoms with Crippen LogP contribution in [0, 0.1) is 0 Å². The molecule has 1 unspecified atom stereocenters. The molecule has 0 saturated carbocycles. The van der Waals surface area contributed by atoms with E-state index in [1.54, 1.807) is 12.1 Å². The maximum Gasteiger partial charge on any atom is 0.317 e. The van der Waals surface area contributed by atoms with Gasteiger partial charge in [0.2, 0.25) is 0 Å². The zero-order valence-corrected chi connectivity index (χ0v) is 13.9. The fourth-order valence-corrected chi connectivity index (χ4v) is 2.72. The minimum absolute atomic E-state index is 0.0238. The van der Waals surface area contributed by atoms with Gasteiger partial charge < -0.3 is 15.1 Å². The number of piperazine rings is 1. The van der Waals surface area contributed by atoms with Crippen LogP contribution in [0.3, 0.4) is 0 Å². The van der Waals surface area contributed by atoms with E-state index in [9.17, 15) is 4.79 Å². The predicted octanol–water partition coefficient (Wildman–Crippen LogP) is 3.40. The van der Waals surface area contributed by atoms with Crippen LogP contribution in [-0.2, 0) is 0 Å². The third-order valence-corrected chi connectivity index (χ3v) is 4.63. The Balaban J connectivity index is 1.91. The molecular weight excluding hydrogens is 309 g/mol. The normalized spacial score (nSPS) is 17.6. The van der Waals surface area contributed by atoms with E-state index in [0.29, 0.717) is 10.0 Å². The molecule has 2 rings (SSSR count). The van der Waals surface area contributed by atoms with Gasteiger partial charge in [0, 0.05) is 26.2 Å². The van der Waals surface area contributed by atoms with Crippen LogP contribution >= 0.6 is 23.2 Å². The fourth-order valence-electron chi connectivity index (χ4n) is 2.41. The van der Waals surface area contributed by atoms with Crippen molar-refractivity contribution in [3.8, 4) is 0 Å². The van der Waals surface area contributed by atoms with Crippen LogP contribution in [0.5, 0.6) is 0 Å². The van der Waals surface area contributed by atoms with Crippen molar-refractivity contribution in [1.82, 2.24) is 15.1 Å².